The van der Waals surface area contributed by atoms with Crippen LogP contribution in [0.1, 0.15) is 0 Å². The van der Waals surface area contributed by atoms with Crippen molar-refractivity contribution < 1.29 is 4.39 Å². The predicted molar refractivity (Wildman–Crippen MR) is 64.2 cm³/mol. The fourth-order valence-corrected chi connectivity index (χ4v) is 2.53. The lowest BCUT2D eigenvalue weighted by Gasteiger charge is -2.25. The number of hydrogen-bond donors (Lipinski definition) is 1. The zero-order valence-corrected chi connectivity index (χ0v) is 9.84. The van der Waals surface area contributed by atoms with Gasteiger partial charge in [0.1, 0.15) is 0 Å². The summed E-state index contributed by atoms with van der Waals surface area (Å²) in [5.74, 6) is 2.52. The maximum atomic E-state index is 12.5. The van der Waals surface area contributed by atoms with E-state index in [0.29, 0.717) is 5.95 Å². The standard InChI is InChI=1S/C10H15FN4S/c11-9-7-13-10(14-8-9)12-1-2-15-3-5-16-6-4-15/h7-8H,1-6H2,(H,12,13,14). The maximum absolute atomic E-state index is 12.5. The van der Waals surface area contributed by atoms with Gasteiger partial charge in [-0.15, -0.1) is 0 Å². The fourth-order valence-electron chi connectivity index (χ4n) is 1.55. The van der Waals surface area contributed by atoms with E-state index in [0.717, 1.165) is 26.2 Å². The van der Waals surface area contributed by atoms with E-state index in [9.17, 15) is 4.39 Å². The highest BCUT2D eigenvalue weighted by Gasteiger charge is 2.09. The predicted octanol–water partition coefficient (Wildman–Crippen LogP) is 1.08. The molecular formula is C10H15FN4S. The van der Waals surface area contributed by atoms with Gasteiger partial charge in [-0.05, 0) is 0 Å². The van der Waals surface area contributed by atoms with Crippen molar-refractivity contribution in [3.63, 3.8) is 0 Å². The first kappa shape index (κ1) is 11.6. The Bertz CT molecular complexity index is 313. The van der Waals surface area contributed by atoms with Gasteiger partial charge in [0.25, 0.3) is 0 Å². The molecule has 0 bridgehead atoms. The van der Waals surface area contributed by atoms with Crippen LogP contribution in [-0.4, -0.2) is 52.6 Å². The van der Waals surface area contributed by atoms with E-state index in [-0.39, 0.29) is 0 Å². The van der Waals surface area contributed by atoms with Gasteiger partial charge in [-0.25, -0.2) is 14.4 Å². The number of nitrogens with zero attached hydrogens (tertiary/aromatic N) is 3. The molecule has 16 heavy (non-hydrogen) atoms. The highest BCUT2D eigenvalue weighted by molar-refractivity contribution is 7.99. The molecule has 1 saturated heterocycles. The average molecular weight is 242 g/mol. The van der Waals surface area contributed by atoms with E-state index < -0.39 is 5.82 Å². The largest absolute Gasteiger partial charge is 0.353 e. The Hall–Kier alpha value is -0.880. The van der Waals surface area contributed by atoms with Crippen LogP contribution in [-0.2, 0) is 0 Å². The Morgan fingerprint density at radius 2 is 2.00 bits per heavy atom. The van der Waals surface area contributed by atoms with Gasteiger partial charge in [0.2, 0.25) is 5.95 Å². The first-order chi connectivity index (χ1) is 7.84. The summed E-state index contributed by atoms with van der Waals surface area (Å²) in [7, 11) is 0. The molecule has 0 radical (unpaired) electrons. The van der Waals surface area contributed by atoms with Gasteiger partial charge < -0.3 is 5.32 Å². The highest BCUT2D eigenvalue weighted by atomic mass is 32.2. The number of aromatic nitrogens is 2. The maximum Gasteiger partial charge on any atom is 0.222 e. The normalized spacial score (nSPS) is 17.3. The summed E-state index contributed by atoms with van der Waals surface area (Å²) in [4.78, 5) is 10.1. The monoisotopic (exact) mass is 242 g/mol. The SMILES string of the molecule is Fc1cnc(NCCN2CCSCC2)nc1. The second-order valence-corrected chi connectivity index (χ2v) is 4.83. The van der Waals surface area contributed by atoms with Crippen LogP contribution in [0.2, 0.25) is 0 Å². The number of hydrogen-bond acceptors (Lipinski definition) is 5. The molecule has 0 amide bonds. The zero-order chi connectivity index (χ0) is 11.2. The molecule has 1 N–H and O–H groups in total. The van der Waals surface area contributed by atoms with Crippen molar-refractivity contribution in [2.24, 2.45) is 0 Å². The van der Waals surface area contributed by atoms with Crippen LogP contribution in [0.3, 0.4) is 0 Å². The lowest BCUT2D eigenvalue weighted by Crippen LogP contribution is -2.36. The minimum atomic E-state index is -0.404. The molecule has 0 aliphatic carbocycles. The number of rotatable bonds is 4. The summed E-state index contributed by atoms with van der Waals surface area (Å²) in [5, 5.41) is 3.08. The molecule has 0 aromatic carbocycles. The van der Waals surface area contributed by atoms with Crippen molar-refractivity contribution in [3.05, 3.63) is 18.2 Å². The smallest absolute Gasteiger partial charge is 0.222 e. The van der Waals surface area contributed by atoms with Gasteiger partial charge in [-0.3, -0.25) is 4.90 Å². The molecule has 0 saturated carbocycles. The molecule has 1 aliphatic rings. The van der Waals surface area contributed by atoms with Crippen LogP contribution in [0.5, 0.6) is 0 Å². The Labute approximate surface area is 98.7 Å². The second-order valence-electron chi connectivity index (χ2n) is 3.61. The molecule has 0 spiro atoms. The molecule has 1 fully saturated rings. The van der Waals surface area contributed by atoms with E-state index >= 15 is 0 Å². The van der Waals surface area contributed by atoms with Crippen LogP contribution in [0.15, 0.2) is 12.4 Å². The van der Waals surface area contributed by atoms with Crippen LogP contribution in [0.4, 0.5) is 10.3 Å². The second kappa shape index (κ2) is 6.00. The van der Waals surface area contributed by atoms with Gasteiger partial charge in [0.05, 0.1) is 12.4 Å². The third-order valence-corrected chi connectivity index (χ3v) is 3.38. The Kier molecular flexibility index (Phi) is 4.35. The number of anilines is 1. The fraction of sp³-hybridized carbons (Fsp3) is 0.600. The summed E-state index contributed by atoms with van der Waals surface area (Å²) >= 11 is 2.00. The molecule has 2 heterocycles. The van der Waals surface area contributed by atoms with E-state index in [1.807, 2.05) is 11.8 Å². The number of halogens is 1. The molecule has 4 nitrogen and oxygen atoms in total. The third kappa shape index (κ3) is 3.61. The summed E-state index contributed by atoms with van der Waals surface area (Å²) in [6, 6.07) is 0. The van der Waals surface area contributed by atoms with Crippen molar-refractivity contribution in [1.29, 1.82) is 0 Å². The Balaban J connectivity index is 1.69. The molecule has 1 aliphatic heterocycles. The van der Waals surface area contributed by atoms with Crippen molar-refractivity contribution in [2.45, 2.75) is 0 Å². The number of thioether (sulfide) groups is 1. The van der Waals surface area contributed by atoms with E-state index in [1.165, 1.54) is 23.9 Å². The molecule has 0 unspecified atom stereocenters. The van der Waals surface area contributed by atoms with Crippen molar-refractivity contribution in [2.75, 3.05) is 43.0 Å². The molecule has 6 heteroatoms. The summed E-state index contributed by atoms with van der Waals surface area (Å²) in [6.45, 7) is 4.09. The van der Waals surface area contributed by atoms with Gasteiger partial charge in [0, 0.05) is 37.7 Å². The van der Waals surface area contributed by atoms with E-state index in [1.54, 1.807) is 0 Å². The summed E-state index contributed by atoms with van der Waals surface area (Å²) in [6.07, 6.45) is 2.35. The Morgan fingerprint density at radius 1 is 1.31 bits per heavy atom. The van der Waals surface area contributed by atoms with Crippen LogP contribution in [0, 0.1) is 5.82 Å². The molecular weight excluding hydrogens is 227 g/mol. The van der Waals surface area contributed by atoms with Gasteiger partial charge in [0.15, 0.2) is 5.82 Å². The van der Waals surface area contributed by atoms with Crippen molar-refractivity contribution >= 4 is 17.7 Å². The number of nitrogens with one attached hydrogen (secondary N) is 1. The van der Waals surface area contributed by atoms with Gasteiger partial charge in [-0.1, -0.05) is 0 Å². The molecule has 1 aromatic rings. The van der Waals surface area contributed by atoms with Crippen LogP contribution >= 0.6 is 11.8 Å². The molecule has 0 atom stereocenters. The topological polar surface area (TPSA) is 41.1 Å². The Morgan fingerprint density at radius 3 is 2.69 bits per heavy atom. The van der Waals surface area contributed by atoms with Crippen LogP contribution in [0.25, 0.3) is 0 Å². The highest BCUT2D eigenvalue weighted by Crippen LogP contribution is 2.08. The van der Waals surface area contributed by atoms with Crippen molar-refractivity contribution in [1.82, 2.24) is 14.9 Å². The zero-order valence-electron chi connectivity index (χ0n) is 9.03. The van der Waals surface area contributed by atoms with Gasteiger partial charge in [-0.2, -0.15) is 11.8 Å². The van der Waals surface area contributed by atoms with E-state index in [2.05, 4.69) is 20.2 Å². The molecule has 2 rings (SSSR count). The average Bonchev–Trinajstić information content (AvgIpc) is 2.33. The summed E-state index contributed by atoms with van der Waals surface area (Å²) < 4.78 is 12.5. The van der Waals surface area contributed by atoms with E-state index in [4.69, 9.17) is 0 Å². The first-order valence-electron chi connectivity index (χ1n) is 5.36. The molecule has 1 aromatic heterocycles. The van der Waals surface area contributed by atoms with Crippen LogP contribution < -0.4 is 5.32 Å². The lowest BCUT2D eigenvalue weighted by molar-refractivity contribution is 0.314. The lowest BCUT2D eigenvalue weighted by atomic mass is 10.4. The van der Waals surface area contributed by atoms with Gasteiger partial charge >= 0.3 is 0 Å². The summed E-state index contributed by atoms with van der Waals surface area (Å²) in [5.41, 5.74) is 0. The molecule has 88 valence electrons. The minimum absolute atomic E-state index is 0.404. The van der Waals surface area contributed by atoms with Crippen molar-refractivity contribution in [3.8, 4) is 0 Å². The quantitative estimate of drug-likeness (QED) is 0.855. The minimum Gasteiger partial charge on any atom is -0.353 e. The third-order valence-electron chi connectivity index (χ3n) is 2.44. The first-order valence-corrected chi connectivity index (χ1v) is 6.51.